The zero-order valence-electron chi connectivity index (χ0n) is 14.4. The Morgan fingerprint density at radius 3 is 2.52 bits per heavy atom. The van der Waals surface area contributed by atoms with Crippen LogP contribution in [0, 0.1) is 0 Å². The monoisotopic (exact) mass is 445 g/mol. The number of nitrogens with one attached hydrogen (secondary N) is 1. The number of carbonyl (C=O) groups excluding carboxylic acids is 2. The van der Waals surface area contributed by atoms with Gasteiger partial charge in [0.15, 0.2) is 5.16 Å². The van der Waals surface area contributed by atoms with Crippen LogP contribution in [0.4, 0.5) is 5.69 Å². The van der Waals surface area contributed by atoms with Crippen LogP contribution in [-0.4, -0.2) is 34.3 Å². The number of nitrogens with zero attached hydrogens (tertiary/aromatic N) is 2. The Morgan fingerprint density at radius 1 is 1.15 bits per heavy atom. The Balaban J connectivity index is 1.59. The van der Waals surface area contributed by atoms with Crippen LogP contribution in [0.15, 0.2) is 70.6 Å². The fourth-order valence-corrected chi connectivity index (χ4v) is 3.37. The number of benzene rings is 2. The lowest BCUT2D eigenvalue weighted by Crippen LogP contribution is -2.14. The molecule has 0 radical (unpaired) electrons. The molecule has 0 aliphatic heterocycles. The zero-order valence-corrected chi connectivity index (χ0v) is 16.8. The van der Waals surface area contributed by atoms with E-state index in [-0.39, 0.29) is 11.7 Å². The Morgan fingerprint density at radius 2 is 1.85 bits per heavy atom. The Kier molecular flexibility index (Phi) is 6.31. The van der Waals surface area contributed by atoms with E-state index >= 15 is 0 Å². The Bertz CT molecular complexity index is 940. The third kappa shape index (κ3) is 4.99. The summed E-state index contributed by atoms with van der Waals surface area (Å²) in [5.41, 5.74) is 2.02. The number of methoxy groups -OCH3 is 1. The summed E-state index contributed by atoms with van der Waals surface area (Å²) in [6, 6.07) is 14.4. The minimum Gasteiger partial charge on any atom is -0.465 e. The van der Waals surface area contributed by atoms with Crippen LogP contribution in [0.2, 0.25) is 0 Å². The van der Waals surface area contributed by atoms with Crippen molar-refractivity contribution in [2.75, 3.05) is 18.2 Å². The van der Waals surface area contributed by atoms with Crippen molar-refractivity contribution in [2.45, 2.75) is 5.16 Å². The van der Waals surface area contributed by atoms with E-state index in [4.69, 9.17) is 0 Å². The lowest BCUT2D eigenvalue weighted by molar-refractivity contribution is -0.113. The number of hydrogen-bond acceptors (Lipinski definition) is 5. The van der Waals surface area contributed by atoms with E-state index in [2.05, 4.69) is 31.0 Å². The lowest BCUT2D eigenvalue weighted by Gasteiger charge is -2.08. The first-order valence-electron chi connectivity index (χ1n) is 7.97. The van der Waals surface area contributed by atoms with E-state index in [0.29, 0.717) is 11.3 Å². The minimum atomic E-state index is -0.414. The zero-order chi connectivity index (χ0) is 19.2. The molecular formula is C19H16BrN3O3S. The first-order chi connectivity index (χ1) is 13.1. The number of halogens is 1. The molecule has 1 heterocycles. The van der Waals surface area contributed by atoms with Crippen LogP contribution < -0.4 is 5.32 Å². The number of thioether (sulfide) groups is 1. The standard InChI is InChI=1S/C19H16BrN3O3S/c1-26-18(25)13-2-6-15(7-3-13)22-17(24)12-27-19-21-10-11-23(19)16-8-4-14(20)5-9-16/h2-11H,12H2,1H3,(H,22,24). The summed E-state index contributed by atoms with van der Waals surface area (Å²) in [5.74, 6) is -0.355. The van der Waals surface area contributed by atoms with Gasteiger partial charge in [-0.15, -0.1) is 0 Å². The topological polar surface area (TPSA) is 73.2 Å². The first-order valence-corrected chi connectivity index (χ1v) is 9.75. The SMILES string of the molecule is COC(=O)c1ccc(NC(=O)CSc2nccn2-c2ccc(Br)cc2)cc1. The summed E-state index contributed by atoms with van der Waals surface area (Å²) in [4.78, 5) is 27.9. The van der Waals surface area contributed by atoms with Crippen molar-refractivity contribution >= 4 is 45.3 Å². The quantitative estimate of drug-likeness (QED) is 0.455. The third-order valence-corrected chi connectivity index (χ3v) is 5.13. The van der Waals surface area contributed by atoms with Crippen molar-refractivity contribution in [3.63, 3.8) is 0 Å². The largest absolute Gasteiger partial charge is 0.465 e. The molecule has 0 spiro atoms. The predicted molar refractivity (Wildman–Crippen MR) is 108 cm³/mol. The maximum absolute atomic E-state index is 12.2. The number of amides is 1. The Labute approximate surface area is 169 Å². The number of aromatic nitrogens is 2. The number of rotatable bonds is 6. The molecule has 138 valence electrons. The molecule has 0 unspecified atom stereocenters. The van der Waals surface area contributed by atoms with Crippen molar-refractivity contribution in [1.29, 1.82) is 0 Å². The van der Waals surface area contributed by atoms with Gasteiger partial charge in [0.05, 0.1) is 18.4 Å². The molecular weight excluding hydrogens is 430 g/mol. The van der Waals surface area contributed by atoms with Crippen molar-refractivity contribution in [3.05, 3.63) is 71.0 Å². The van der Waals surface area contributed by atoms with Gasteiger partial charge < -0.3 is 10.1 Å². The highest BCUT2D eigenvalue weighted by molar-refractivity contribution is 9.10. The molecule has 8 heteroatoms. The molecule has 1 aromatic heterocycles. The van der Waals surface area contributed by atoms with Gasteiger partial charge in [0, 0.05) is 28.2 Å². The number of carbonyl (C=O) groups is 2. The van der Waals surface area contributed by atoms with Crippen LogP contribution in [0.1, 0.15) is 10.4 Å². The highest BCUT2D eigenvalue weighted by atomic mass is 79.9. The molecule has 3 aromatic rings. The third-order valence-electron chi connectivity index (χ3n) is 3.63. The molecule has 0 saturated heterocycles. The first kappa shape index (κ1) is 19.2. The van der Waals surface area contributed by atoms with Crippen LogP contribution in [0.25, 0.3) is 5.69 Å². The van der Waals surface area contributed by atoms with Gasteiger partial charge in [-0.05, 0) is 48.5 Å². The summed E-state index contributed by atoms with van der Waals surface area (Å²) < 4.78 is 7.57. The second-order valence-electron chi connectivity index (χ2n) is 5.46. The van der Waals surface area contributed by atoms with E-state index in [1.165, 1.54) is 18.9 Å². The van der Waals surface area contributed by atoms with Crippen molar-refractivity contribution in [2.24, 2.45) is 0 Å². The van der Waals surface area contributed by atoms with Gasteiger partial charge >= 0.3 is 5.97 Å². The highest BCUT2D eigenvalue weighted by Crippen LogP contribution is 2.22. The molecule has 3 rings (SSSR count). The summed E-state index contributed by atoms with van der Waals surface area (Å²) in [5, 5.41) is 3.53. The normalized spacial score (nSPS) is 10.4. The van der Waals surface area contributed by atoms with Crippen LogP contribution in [0.5, 0.6) is 0 Å². The average Bonchev–Trinajstić information content (AvgIpc) is 3.15. The molecule has 6 nitrogen and oxygen atoms in total. The van der Waals surface area contributed by atoms with E-state index in [9.17, 15) is 9.59 Å². The molecule has 0 aliphatic carbocycles. The summed E-state index contributed by atoms with van der Waals surface area (Å²) >= 11 is 4.76. The van der Waals surface area contributed by atoms with Gasteiger partial charge in [0.25, 0.3) is 0 Å². The van der Waals surface area contributed by atoms with Crippen LogP contribution >= 0.6 is 27.7 Å². The Hall–Kier alpha value is -2.58. The average molecular weight is 446 g/mol. The van der Waals surface area contributed by atoms with Gasteiger partial charge in [-0.1, -0.05) is 27.7 Å². The second-order valence-corrected chi connectivity index (χ2v) is 7.32. The fourth-order valence-electron chi connectivity index (χ4n) is 2.33. The smallest absolute Gasteiger partial charge is 0.337 e. The van der Waals surface area contributed by atoms with Gasteiger partial charge in [-0.2, -0.15) is 0 Å². The van der Waals surface area contributed by atoms with Gasteiger partial charge in [-0.3, -0.25) is 9.36 Å². The van der Waals surface area contributed by atoms with Crippen molar-refractivity contribution < 1.29 is 14.3 Å². The molecule has 2 aromatic carbocycles. The van der Waals surface area contributed by atoms with Gasteiger partial charge in [0.2, 0.25) is 5.91 Å². The van der Waals surface area contributed by atoms with Gasteiger partial charge in [-0.25, -0.2) is 9.78 Å². The molecule has 0 aliphatic rings. The second kappa shape index (κ2) is 8.88. The van der Waals surface area contributed by atoms with E-state index < -0.39 is 5.97 Å². The van der Waals surface area contributed by atoms with Gasteiger partial charge in [0.1, 0.15) is 0 Å². The number of ether oxygens (including phenoxy) is 1. The molecule has 27 heavy (non-hydrogen) atoms. The van der Waals surface area contributed by atoms with E-state index in [1.54, 1.807) is 30.5 Å². The molecule has 1 N–H and O–H groups in total. The van der Waals surface area contributed by atoms with E-state index in [1.807, 2.05) is 35.0 Å². The number of imidazole rings is 1. The van der Waals surface area contributed by atoms with Crippen molar-refractivity contribution in [3.8, 4) is 5.69 Å². The predicted octanol–water partition coefficient (Wildman–Crippen LogP) is 4.15. The fraction of sp³-hybridized carbons (Fsp3) is 0.105. The molecule has 0 atom stereocenters. The van der Waals surface area contributed by atoms with Crippen LogP contribution in [-0.2, 0) is 9.53 Å². The molecule has 0 bridgehead atoms. The summed E-state index contributed by atoms with van der Waals surface area (Å²) in [6.45, 7) is 0. The minimum absolute atomic E-state index is 0.156. The molecule has 0 saturated carbocycles. The molecule has 0 fully saturated rings. The summed E-state index contributed by atoms with van der Waals surface area (Å²) in [7, 11) is 1.33. The van der Waals surface area contributed by atoms with E-state index in [0.717, 1.165) is 15.3 Å². The number of hydrogen-bond donors (Lipinski definition) is 1. The van der Waals surface area contributed by atoms with Crippen molar-refractivity contribution in [1.82, 2.24) is 9.55 Å². The highest BCUT2D eigenvalue weighted by Gasteiger charge is 2.10. The number of esters is 1. The number of anilines is 1. The maximum Gasteiger partial charge on any atom is 0.337 e. The summed E-state index contributed by atoms with van der Waals surface area (Å²) in [6.07, 6.45) is 3.56. The maximum atomic E-state index is 12.2. The lowest BCUT2D eigenvalue weighted by atomic mass is 10.2. The van der Waals surface area contributed by atoms with Crippen LogP contribution in [0.3, 0.4) is 0 Å². The molecule has 1 amide bonds.